The summed E-state index contributed by atoms with van der Waals surface area (Å²) in [6, 6.07) is 13.1. The monoisotopic (exact) mass is 312 g/mol. The summed E-state index contributed by atoms with van der Waals surface area (Å²) in [7, 11) is 0. The SMILES string of the molecule is O=C(NCc1ccc(NC(=O)C2CC2)cc1)c1ccccc1F. The number of amides is 2. The predicted molar refractivity (Wildman–Crippen MR) is 85.4 cm³/mol. The number of carbonyl (C=O) groups is 2. The average Bonchev–Trinajstić information content (AvgIpc) is 3.39. The molecule has 0 radical (unpaired) electrons. The van der Waals surface area contributed by atoms with E-state index < -0.39 is 11.7 Å². The van der Waals surface area contributed by atoms with E-state index in [1.165, 1.54) is 12.1 Å². The highest BCUT2D eigenvalue weighted by Crippen LogP contribution is 2.30. The van der Waals surface area contributed by atoms with Gasteiger partial charge in [-0.1, -0.05) is 24.3 Å². The van der Waals surface area contributed by atoms with E-state index in [2.05, 4.69) is 10.6 Å². The summed E-state index contributed by atoms with van der Waals surface area (Å²) >= 11 is 0. The van der Waals surface area contributed by atoms with Crippen molar-refractivity contribution in [1.29, 1.82) is 0 Å². The summed E-state index contributed by atoms with van der Waals surface area (Å²) in [6.45, 7) is 0.296. The van der Waals surface area contributed by atoms with E-state index >= 15 is 0 Å². The molecule has 0 bridgehead atoms. The number of hydrogen-bond donors (Lipinski definition) is 2. The fourth-order valence-electron chi connectivity index (χ4n) is 2.22. The molecule has 5 heteroatoms. The van der Waals surface area contributed by atoms with Gasteiger partial charge in [-0.15, -0.1) is 0 Å². The lowest BCUT2D eigenvalue weighted by atomic mass is 10.1. The third-order valence-electron chi connectivity index (χ3n) is 3.74. The number of anilines is 1. The fourth-order valence-corrected chi connectivity index (χ4v) is 2.22. The molecule has 4 nitrogen and oxygen atoms in total. The van der Waals surface area contributed by atoms with E-state index in [-0.39, 0.29) is 17.4 Å². The summed E-state index contributed by atoms with van der Waals surface area (Å²) < 4.78 is 13.5. The number of benzene rings is 2. The molecule has 0 atom stereocenters. The molecule has 3 rings (SSSR count). The van der Waals surface area contributed by atoms with E-state index in [4.69, 9.17) is 0 Å². The first-order valence-electron chi connectivity index (χ1n) is 7.56. The molecule has 0 heterocycles. The maximum atomic E-state index is 13.5. The lowest BCUT2D eigenvalue weighted by Gasteiger charge is -2.08. The highest BCUT2D eigenvalue weighted by Gasteiger charge is 2.29. The van der Waals surface area contributed by atoms with E-state index in [9.17, 15) is 14.0 Å². The van der Waals surface area contributed by atoms with Crippen molar-refractivity contribution in [3.05, 3.63) is 65.5 Å². The Morgan fingerprint density at radius 1 is 1.04 bits per heavy atom. The summed E-state index contributed by atoms with van der Waals surface area (Å²) in [5.74, 6) is -0.766. The molecular formula is C18H17FN2O2. The smallest absolute Gasteiger partial charge is 0.254 e. The Hall–Kier alpha value is -2.69. The molecule has 1 fully saturated rings. The number of rotatable bonds is 5. The second-order valence-electron chi connectivity index (χ2n) is 5.62. The molecule has 23 heavy (non-hydrogen) atoms. The molecule has 0 aliphatic heterocycles. The van der Waals surface area contributed by atoms with Crippen LogP contribution < -0.4 is 10.6 Å². The van der Waals surface area contributed by atoms with Crippen LogP contribution in [0.3, 0.4) is 0 Å². The molecular weight excluding hydrogens is 295 g/mol. The molecule has 2 aromatic rings. The van der Waals surface area contributed by atoms with E-state index in [1.54, 1.807) is 24.3 Å². The Morgan fingerprint density at radius 2 is 1.74 bits per heavy atom. The van der Waals surface area contributed by atoms with Gasteiger partial charge >= 0.3 is 0 Å². The van der Waals surface area contributed by atoms with Gasteiger partial charge < -0.3 is 10.6 Å². The van der Waals surface area contributed by atoms with Gasteiger partial charge in [0, 0.05) is 18.2 Å². The van der Waals surface area contributed by atoms with Crippen LogP contribution in [0, 0.1) is 11.7 Å². The van der Waals surface area contributed by atoms with Crippen LogP contribution in [0.25, 0.3) is 0 Å². The van der Waals surface area contributed by atoms with Gasteiger partial charge in [0.2, 0.25) is 5.91 Å². The maximum Gasteiger partial charge on any atom is 0.254 e. The Labute approximate surface area is 133 Å². The number of halogens is 1. The topological polar surface area (TPSA) is 58.2 Å². The zero-order valence-electron chi connectivity index (χ0n) is 12.5. The first kappa shape index (κ1) is 15.2. The fraction of sp³-hybridized carbons (Fsp3) is 0.222. The second kappa shape index (κ2) is 6.60. The van der Waals surface area contributed by atoms with Crippen molar-refractivity contribution in [1.82, 2.24) is 5.32 Å². The van der Waals surface area contributed by atoms with Crippen LogP contribution in [0.4, 0.5) is 10.1 Å². The molecule has 1 saturated carbocycles. The molecule has 2 aromatic carbocycles. The standard InChI is InChI=1S/C18H17FN2O2/c19-16-4-2-1-3-15(16)18(23)20-11-12-5-9-14(10-6-12)21-17(22)13-7-8-13/h1-6,9-10,13H,7-8,11H2,(H,20,23)(H,21,22). The maximum absolute atomic E-state index is 13.5. The second-order valence-corrected chi connectivity index (χ2v) is 5.62. The zero-order chi connectivity index (χ0) is 16.2. The van der Waals surface area contributed by atoms with Crippen LogP contribution in [0.2, 0.25) is 0 Å². The lowest BCUT2D eigenvalue weighted by molar-refractivity contribution is -0.117. The molecule has 118 valence electrons. The van der Waals surface area contributed by atoms with Crippen molar-refractivity contribution in [3.8, 4) is 0 Å². The number of carbonyl (C=O) groups excluding carboxylic acids is 2. The lowest BCUT2D eigenvalue weighted by Crippen LogP contribution is -2.23. The Kier molecular flexibility index (Phi) is 4.37. The van der Waals surface area contributed by atoms with Crippen LogP contribution in [0.5, 0.6) is 0 Å². The quantitative estimate of drug-likeness (QED) is 0.891. The van der Waals surface area contributed by atoms with Gasteiger partial charge in [0.1, 0.15) is 5.82 Å². The van der Waals surface area contributed by atoms with Gasteiger partial charge in [-0.3, -0.25) is 9.59 Å². The Morgan fingerprint density at radius 3 is 2.39 bits per heavy atom. The summed E-state index contributed by atoms with van der Waals surface area (Å²) in [4.78, 5) is 23.6. The van der Waals surface area contributed by atoms with E-state index in [0.29, 0.717) is 6.54 Å². The molecule has 1 aliphatic carbocycles. The molecule has 0 saturated heterocycles. The highest BCUT2D eigenvalue weighted by atomic mass is 19.1. The normalized spacial score (nSPS) is 13.4. The van der Waals surface area contributed by atoms with Gasteiger partial charge in [-0.05, 0) is 42.7 Å². The van der Waals surface area contributed by atoms with Crippen molar-refractivity contribution < 1.29 is 14.0 Å². The number of hydrogen-bond acceptors (Lipinski definition) is 2. The third-order valence-corrected chi connectivity index (χ3v) is 3.74. The van der Waals surface area contributed by atoms with Gasteiger partial charge in [-0.25, -0.2) is 4.39 Å². The van der Waals surface area contributed by atoms with Crippen LogP contribution in [-0.2, 0) is 11.3 Å². The Balaban J connectivity index is 1.55. The van der Waals surface area contributed by atoms with Gasteiger partial charge in [0.15, 0.2) is 0 Å². The summed E-state index contributed by atoms with van der Waals surface area (Å²) in [5.41, 5.74) is 1.64. The zero-order valence-corrected chi connectivity index (χ0v) is 12.5. The van der Waals surface area contributed by atoms with Gasteiger partial charge in [0.25, 0.3) is 5.91 Å². The molecule has 0 aromatic heterocycles. The summed E-state index contributed by atoms with van der Waals surface area (Å²) in [6.07, 6.45) is 1.93. The van der Waals surface area contributed by atoms with Crippen molar-refractivity contribution in [3.63, 3.8) is 0 Å². The predicted octanol–water partition coefficient (Wildman–Crippen LogP) is 3.10. The van der Waals surface area contributed by atoms with E-state index in [1.807, 2.05) is 12.1 Å². The van der Waals surface area contributed by atoms with Crippen molar-refractivity contribution in [2.24, 2.45) is 5.92 Å². The van der Waals surface area contributed by atoms with Crippen molar-refractivity contribution >= 4 is 17.5 Å². The minimum Gasteiger partial charge on any atom is -0.348 e. The van der Waals surface area contributed by atoms with Crippen LogP contribution in [-0.4, -0.2) is 11.8 Å². The molecule has 1 aliphatic rings. The van der Waals surface area contributed by atoms with Gasteiger partial charge in [-0.2, -0.15) is 0 Å². The van der Waals surface area contributed by atoms with Crippen molar-refractivity contribution in [2.75, 3.05) is 5.32 Å². The largest absolute Gasteiger partial charge is 0.348 e. The van der Waals surface area contributed by atoms with Crippen LogP contribution in [0.1, 0.15) is 28.8 Å². The molecule has 2 amide bonds. The first-order valence-corrected chi connectivity index (χ1v) is 7.56. The molecule has 0 spiro atoms. The minimum atomic E-state index is -0.539. The van der Waals surface area contributed by atoms with Gasteiger partial charge in [0.05, 0.1) is 5.56 Å². The summed E-state index contributed by atoms with van der Waals surface area (Å²) in [5, 5.41) is 5.53. The van der Waals surface area contributed by atoms with Crippen LogP contribution >= 0.6 is 0 Å². The highest BCUT2D eigenvalue weighted by molar-refractivity contribution is 5.94. The minimum absolute atomic E-state index is 0.0285. The third kappa shape index (κ3) is 3.94. The van der Waals surface area contributed by atoms with Crippen LogP contribution in [0.15, 0.2) is 48.5 Å². The van der Waals surface area contributed by atoms with E-state index in [0.717, 1.165) is 24.1 Å². The van der Waals surface area contributed by atoms with Crippen molar-refractivity contribution in [2.45, 2.75) is 19.4 Å². The molecule has 0 unspecified atom stereocenters. The molecule has 2 N–H and O–H groups in total. The Bertz CT molecular complexity index is 724. The first-order chi connectivity index (χ1) is 11.1. The number of nitrogens with one attached hydrogen (secondary N) is 2. The average molecular weight is 312 g/mol.